The van der Waals surface area contributed by atoms with Crippen LogP contribution in [0.5, 0.6) is 5.75 Å². The largest absolute Gasteiger partial charge is 0.484 e. The van der Waals surface area contributed by atoms with E-state index >= 15 is 0 Å². The van der Waals surface area contributed by atoms with Crippen LogP contribution < -0.4 is 10.2 Å². The van der Waals surface area contributed by atoms with Gasteiger partial charge in [0.2, 0.25) is 0 Å². The van der Waals surface area contributed by atoms with Crippen molar-refractivity contribution in [3.05, 3.63) is 63.1 Å². The van der Waals surface area contributed by atoms with Gasteiger partial charge in [-0.25, -0.2) is 5.43 Å². The lowest BCUT2D eigenvalue weighted by atomic mass is 10.2. The molecule has 0 heterocycles. The number of carbonyl (C=O) groups is 1. The van der Waals surface area contributed by atoms with E-state index in [-0.39, 0.29) is 12.5 Å². The second kappa shape index (κ2) is 7.96. The Hall–Kier alpha value is -1.85. The first-order chi connectivity index (χ1) is 10.6. The van der Waals surface area contributed by atoms with E-state index in [1.54, 1.807) is 24.4 Å². The van der Waals surface area contributed by atoms with Gasteiger partial charge in [-0.05, 0) is 36.8 Å². The fourth-order valence-electron chi connectivity index (χ4n) is 1.64. The summed E-state index contributed by atoms with van der Waals surface area (Å²) in [5.41, 5.74) is 4.18. The minimum atomic E-state index is -0.337. The summed E-state index contributed by atoms with van der Waals surface area (Å²) in [5.74, 6) is 0.253. The van der Waals surface area contributed by atoms with Gasteiger partial charge in [0.1, 0.15) is 5.75 Å². The highest BCUT2D eigenvalue weighted by molar-refractivity contribution is 9.10. The van der Waals surface area contributed by atoms with Crippen molar-refractivity contribution in [2.24, 2.45) is 5.10 Å². The van der Waals surface area contributed by atoms with Gasteiger partial charge in [0.05, 0.1) is 6.21 Å². The van der Waals surface area contributed by atoms with Gasteiger partial charge in [0, 0.05) is 15.1 Å². The Labute approximate surface area is 142 Å². The third-order valence-corrected chi connectivity index (χ3v) is 3.94. The van der Waals surface area contributed by atoms with E-state index in [9.17, 15) is 4.79 Å². The van der Waals surface area contributed by atoms with Gasteiger partial charge in [-0.15, -0.1) is 0 Å². The van der Waals surface area contributed by atoms with E-state index in [1.807, 2.05) is 31.2 Å². The van der Waals surface area contributed by atoms with Crippen molar-refractivity contribution in [2.75, 3.05) is 6.61 Å². The zero-order valence-corrected chi connectivity index (χ0v) is 14.2. The molecule has 0 atom stereocenters. The average molecular weight is 382 g/mol. The van der Waals surface area contributed by atoms with Crippen molar-refractivity contribution in [1.82, 2.24) is 5.43 Å². The van der Waals surface area contributed by atoms with Crippen LogP contribution in [0, 0.1) is 6.92 Å². The number of halogens is 2. The van der Waals surface area contributed by atoms with Gasteiger partial charge >= 0.3 is 0 Å². The molecule has 2 aromatic carbocycles. The first-order valence-corrected chi connectivity index (χ1v) is 7.69. The van der Waals surface area contributed by atoms with E-state index in [4.69, 9.17) is 16.3 Å². The number of hydrazone groups is 1. The van der Waals surface area contributed by atoms with E-state index < -0.39 is 0 Å². The van der Waals surface area contributed by atoms with Crippen molar-refractivity contribution in [3.63, 3.8) is 0 Å². The molecule has 0 aliphatic heterocycles. The molecule has 2 rings (SSSR count). The van der Waals surface area contributed by atoms with Crippen LogP contribution in [-0.4, -0.2) is 18.7 Å². The normalized spacial score (nSPS) is 10.7. The molecule has 0 saturated carbocycles. The van der Waals surface area contributed by atoms with E-state index in [2.05, 4.69) is 26.5 Å². The summed E-state index contributed by atoms with van der Waals surface area (Å²) in [6.07, 6.45) is 1.56. The first-order valence-electron chi connectivity index (χ1n) is 6.51. The van der Waals surface area contributed by atoms with Gasteiger partial charge in [-0.2, -0.15) is 5.10 Å². The summed E-state index contributed by atoms with van der Waals surface area (Å²) >= 11 is 9.32. The Kier molecular flexibility index (Phi) is 5.98. The highest BCUT2D eigenvalue weighted by atomic mass is 79.9. The van der Waals surface area contributed by atoms with Crippen molar-refractivity contribution in [3.8, 4) is 5.75 Å². The monoisotopic (exact) mass is 380 g/mol. The molecule has 0 spiro atoms. The van der Waals surface area contributed by atoms with Crippen molar-refractivity contribution >= 4 is 39.7 Å². The van der Waals surface area contributed by atoms with Gasteiger partial charge in [0.15, 0.2) is 6.61 Å². The second-order valence-electron chi connectivity index (χ2n) is 4.51. The highest BCUT2D eigenvalue weighted by Crippen LogP contribution is 2.20. The van der Waals surface area contributed by atoms with Crippen LogP contribution in [0.3, 0.4) is 0 Å². The van der Waals surface area contributed by atoms with Crippen LogP contribution in [0.1, 0.15) is 11.1 Å². The molecule has 1 N–H and O–H groups in total. The number of aryl methyl sites for hydroxylation is 1. The van der Waals surface area contributed by atoms with Crippen LogP contribution in [-0.2, 0) is 4.79 Å². The highest BCUT2D eigenvalue weighted by Gasteiger charge is 2.03. The molecule has 0 bridgehead atoms. The number of amides is 1. The maximum atomic E-state index is 11.7. The van der Waals surface area contributed by atoms with Crippen LogP contribution in [0.15, 0.2) is 52.0 Å². The molecule has 0 radical (unpaired) electrons. The van der Waals surface area contributed by atoms with E-state index in [0.717, 1.165) is 15.6 Å². The molecule has 22 heavy (non-hydrogen) atoms. The maximum absolute atomic E-state index is 11.7. The molecule has 114 valence electrons. The molecule has 6 heteroatoms. The van der Waals surface area contributed by atoms with Crippen LogP contribution in [0.2, 0.25) is 5.02 Å². The summed E-state index contributed by atoms with van der Waals surface area (Å²) in [6, 6.07) is 12.8. The lowest BCUT2D eigenvalue weighted by molar-refractivity contribution is -0.123. The molecular weight excluding hydrogens is 368 g/mol. The number of benzene rings is 2. The fraction of sp³-hybridized carbons (Fsp3) is 0.125. The van der Waals surface area contributed by atoms with Crippen molar-refractivity contribution in [2.45, 2.75) is 6.92 Å². The topological polar surface area (TPSA) is 50.7 Å². The van der Waals surface area contributed by atoms with Crippen LogP contribution >= 0.6 is 27.5 Å². The summed E-state index contributed by atoms with van der Waals surface area (Å²) in [6.45, 7) is 1.76. The number of hydrogen-bond acceptors (Lipinski definition) is 3. The lowest BCUT2D eigenvalue weighted by Crippen LogP contribution is -2.24. The minimum absolute atomic E-state index is 0.117. The molecule has 0 aromatic heterocycles. The maximum Gasteiger partial charge on any atom is 0.277 e. The van der Waals surface area contributed by atoms with Crippen LogP contribution in [0.4, 0.5) is 0 Å². The van der Waals surface area contributed by atoms with Crippen LogP contribution in [0.25, 0.3) is 0 Å². The second-order valence-corrected chi connectivity index (χ2v) is 5.78. The minimum Gasteiger partial charge on any atom is -0.484 e. The third kappa shape index (κ3) is 4.86. The van der Waals surface area contributed by atoms with Gasteiger partial charge < -0.3 is 4.74 Å². The Morgan fingerprint density at radius 2 is 2.14 bits per heavy atom. The first kappa shape index (κ1) is 16.5. The third-order valence-electron chi connectivity index (χ3n) is 2.80. The Bertz CT molecular complexity index is 704. The zero-order chi connectivity index (χ0) is 15.9. The Morgan fingerprint density at radius 3 is 2.86 bits per heavy atom. The van der Waals surface area contributed by atoms with Crippen molar-refractivity contribution < 1.29 is 9.53 Å². The number of ether oxygens (including phenoxy) is 1. The summed E-state index contributed by atoms with van der Waals surface area (Å²) in [7, 11) is 0. The predicted octanol–water partition coefficient (Wildman–Crippen LogP) is 3.94. The zero-order valence-electron chi connectivity index (χ0n) is 11.8. The standard InChI is InChI=1S/C16H14BrClN2O2/c1-11-8-13(6-7-15(11)18)22-10-16(21)20-19-9-12-4-2-3-5-14(12)17/h2-9H,10H2,1H3,(H,20,21)/b19-9+. The molecule has 0 aliphatic rings. The smallest absolute Gasteiger partial charge is 0.277 e. The molecule has 1 amide bonds. The predicted molar refractivity (Wildman–Crippen MR) is 91.6 cm³/mol. The summed E-state index contributed by atoms with van der Waals surface area (Å²) in [4.78, 5) is 11.7. The average Bonchev–Trinajstić information content (AvgIpc) is 2.50. The van der Waals surface area contributed by atoms with E-state index in [1.165, 1.54) is 0 Å². The molecule has 0 saturated heterocycles. The van der Waals surface area contributed by atoms with E-state index in [0.29, 0.717) is 10.8 Å². The molecular formula is C16H14BrClN2O2. The van der Waals surface area contributed by atoms with Gasteiger partial charge in [0.25, 0.3) is 5.91 Å². The molecule has 4 nitrogen and oxygen atoms in total. The molecule has 0 fully saturated rings. The Morgan fingerprint density at radius 1 is 1.36 bits per heavy atom. The molecule has 0 unspecified atom stereocenters. The number of rotatable bonds is 5. The summed E-state index contributed by atoms with van der Waals surface area (Å²) < 4.78 is 6.28. The Balaban J connectivity index is 1.83. The molecule has 0 aliphatic carbocycles. The van der Waals surface area contributed by atoms with Gasteiger partial charge in [-0.1, -0.05) is 45.7 Å². The number of hydrogen-bond donors (Lipinski definition) is 1. The number of nitrogens with one attached hydrogen (secondary N) is 1. The fourth-order valence-corrected chi connectivity index (χ4v) is 2.15. The lowest BCUT2D eigenvalue weighted by Gasteiger charge is -2.06. The molecule has 2 aromatic rings. The summed E-state index contributed by atoms with van der Waals surface area (Å²) in [5, 5.41) is 4.55. The number of nitrogens with zero attached hydrogens (tertiary/aromatic N) is 1. The SMILES string of the molecule is Cc1cc(OCC(=O)N/N=C/c2ccccc2Br)ccc1Cl. The number of carbonyl (C=O) groups excluding carboxylic acids is 1. The quantitative estimate of drug-likeness (QED) is 0.630. The van der Waals surface area contributed by atoms with Gasteiger partial charge in [-0.3, -0.25) is 4.79 Å². The van der Waals surface area contributed by atoms with Crippen molar-refractivity contribution in [1.29, 1.82) is 0 Å².